The third-order valence-corrected chi connectivity index (χ3v) is 4.19. The molecule has 2 nitrogen and oxygen atoms in total. The van der Waals surface area contributed by atoms with Gasteiger partial charge in [-0.3, -0.25) is 4.90 Å². The molecule has 0 amide bonds. The predicted octanol–water partition coefficient (Wildman–Crippen LogP) is 4.18. The zero-order valence-corrected chi connectivity index (χ0v) is 13.6. The fourth-order valence-electron chi connectivity index (χ4n) is 2.41. The summed E-state index contributed by atoms with van der Waals surface area (Å²) in [6.45, 7) is 10.7. The van der Waals surface area contributed by atoms with Crippen molar-refractivity contribution >= 4 is 0 Å². The Hall–Kier alpha value is -0.860. The van der Waals surface area contributed by atoms with Crippen LogP contribution in [0.1, 0.15) is 64.2 Å². The van der Waals surface area contributed by atoms with Crippen molar-refractivity contribution in [3.8, 4) is 0 Å². The molecule has 114 valence electrons. The molecule has 0 aliphatic heterocycles. The van der Waals surface area contributed by atoms with E-state index < -0.39 is 0 Å². The van der Waals surface area contributed by atoms with E-state index in [1.807, 2.05) is 0 Å². The maximum Gasteiger partial charge on any atom is 0.0917 e. The van der Waals surface area contributed by atoms with Crippen molar-refractivity contribution in [3.63, 3.8) is 0 Å². The van der Waals surface area contributed by atoms with Gasteiger partial charge in [0, 0.05) is 12.6 Å². The van der Waals surface area contributed by atoms with Crippen molar-refractivity contribution < 1.29 is 5.11 Å². The second-order valence-corrected chi connectivity index (χ2v) is 5.72. The van der Waals surface area contributed by atoms with E-state index in [2.05, 4.69) is 56.9 Å². The summed E-state index contributed by atoms with van der Waals surface area (Å²) in [5, 5.41) is 10.5. The molecule has 2 atom stereocenters. The van der Waals surface area contributed by atoms with E-state index in [0.717, 1.165) is 31.5 Å². The topological polar surface area (TPSA) is 23.5 Å². The minimum absolute atomic E-state index is 0.383. The van der Waals surface area contributed by atoms with Gasteiger partial charge in [-0.1, -0.05) is 51.5 Å². The molecule has 0 radical (unpaired) electrons. The minimum Gasteiger partial charge on any atom is -0.387 e. The maximum absolute atomic E-state index is 10.5. The highest BCUT2D eigenvalue weighted by Gasteiger charge is 2.17. The second kappa shape index (κ2) is 9.15. The highest BCUT2D eigenvalue weighted by atomic mass is 16.3. The number of benzene rings is 1. The normalized spacial score (nSPS) is 14.5. The molecule has 2 heteroatoms. The molecule has 1 aromatic rings. The first-order valence-electron chi connectivity index (χ1n) is 8.13. The van der Waals surface area contributed by atoms with Crippen LogP contribution in [0.2, 0.25) is 0 Å². The second-order valence-electron chi connectivity index (χ2n) is 5.72. The summed E-state index contributed by atoms with van der Waals surface area (Å²) in [5.74, 6) is 0. The summed E-state index contributed by atoms with van der Waals surface area (Å²) in [7, 11) is 0. The van der Waals surface area contributed by atoms with E-state index in [0.29, 0.717) is 6.04 Å². The number of aliphatic hydroxyl groups excluding tert-OH is 1. The van der Waals surface area contributed by atoms with Gasteiger partial charge in [-0.05, 0) is 43.9 Å². The van der Waals surface area contributed by atoms with E-state index in [1.54, 1.807) is 0 Å². The largest absolute Gasteiger partial charge is 0.387 e. The third kappa shape index (κ3) is 5.26. The van der Waals surface area contributed by atoms with Crippen LogP contribution < -0.4 is 0 Å². The summed E-state index contributed by atoms with van der Waals surface area (Å²) < 4.78 is 0. The van der Waals surface area contributed by atoms with Crippen LogP contribution in [0.25, 0.3) is 0 Å². The Labute approximate surface area is 124 Å². The number of rotatable bonds is 9. The Balaban J connectivity index is 2.65. The quantitative estimate of drug-likeness (QED) is 0.732. The van der Waals surface area contributed by atoms with Crippen LogP contribution in [0.15, 0.2) is 24.3 Å². The third-order valence-electron chi connectivity index (χ3n) is 4.19. The highest BCUT2D eigenvalue weighted by molar-refractivity contribution is 5.24. The molecule has 1 N–H and O–H groups in total. The van der Waals surface area contributed by atoms with E-state index in [9.17, 15) is 5.11 Å². The van der Waals surface area contributed by atoms with Gasteiger partial charge in [0.1, 0.15) is 0 Å². The molecule has 0 spiro atoms. The molecule has 1 aromatic carbocycles. The standard InChI is InChI=1S/C18H31NO/c1-5-8-13-19(15(4)6-2)14-18(20)17-11-9-16(7-3)10-12-17/h9-12,15,18,20H,5-8,13-14H2,1-4H3. The van der Waals surface area contributed by atoms with Crippen molar-refractivity contribution in [1.29, 1.82) is 0 Å². The molecule has 0 saturated carbocycles. The Morgan fingerprint density at radius 1 is 1.10 bits per heavy atom. The molecule has 1 rings (SSSR count). The predicted molar refractivity (Wildman–Crippen MR) is 87.0 cm³/mol. The Bertz CT molecular complexity index is 360. The van der Waals surface area contributed by atoms with E-state index in [-0.39, 0.29) is 6.10 Å². The fourth-order valence-corrected chi connectivity index (χ4v) is 2.41. The Morgan fingerprint density at radius 2 is 1.75 bits per heavy atom. The molecular formula is C18H31NO. The zero-order chi connectivity index (χ0) is 15.0. The number of aliphatic hydroxyl groups is 1. The molecule has 0 aromatic heterocycles. The lowest BCUT2D eigenvalue weighted by Crippen LogP contribution is -2.37. The smallest absolute Gasteiger partial charge is 0.0917 e. The van der Waals surface area contributed by atoms with Crippen molar-refractivity contribution in [2.45, 2.75) is 65.5 Å². The lowest BCUT2D eigenvalue weighted by molar-refractivity contribution is 0.0887. The van der Waals surface area contributed by atoms with Crippen molar-refractivity contribution in [2.75, 3.05) is 13.1 Å². The summed E-state index contributed by atoms with van der Waals surface area (Å²) in [6, 6.07) is 8.91. The van der Waals surface area contributed by atoms with Crippen LogP contribution in [0.3, 0.4) is 0 Å². The SMILES string of the molecule is CCCCN(CC(O)c1ccc(CC)cc1)C(C)CC. The molecule has 0 heterocycles. The van der Waals surface area contributed by atoms with Gasteiger partial charge in [-0.25, -0.2) is 0 Å². The van der Waals surface area contributed by atoms with E-state index in [4.69, 9.17) is 0 Å². The number of unbranched alkanes of at least 4 members (excludes halogenated alkanes) is 1. The van der Waals surface area contributed by atoms with E-state index in [1.165, 1.54) is 18.4 Å². The van der Waals surface area contributed by atoms with Gasteiger partial charge >= 0.3 is 0 Å². The van der Waals surface area contributed by atoms with Gasteiger partial charge in [0.05, 0.1) is 6.10 Å². The van der Waals surface area contributed by atoms with Crippen molar-refractivity contribution in [3.05, 3.63) is 35.4 Å². The molecule has 0 bridgehead atoms. The molecule has 0 aliphatic rings. The average molecular weight is 277 g/mol. The summed E-state index contributed by atoms with van der Waals surface area (Å²) >= 11 is 0. The lowest BCUT2D eigenvalue weighted by Gasteiger charge is -2.30. The Kier molecular flexibility index (Phi) is 7.86. The molecule has 20 heavy (non-hydrogen) atoms. The number of nitrogens with zero attached hydrogens (tertiary/aromatic N) is 1. The van der Waals surface area contributed by atoms with Gasteiger partial charge in [0.15, 0.2) is 0 Å². The van der Waals surface area contributed by atoms with Crippen LogP contribution in [-0.4, -0.2) is 29.1 Å². The monoisotopic (exact) mass is 277 g/mol. The Morgan fingerprint density at radius 3 is 2.25 bits per heavy atom. The molecule has 2 unspecified atom stereocenters. The average Bonchev–Trinajstić information content (AvgIpc) is 2.50. The van der Waals surface area contributed by atoms with Gasteiger partial charge in [0.25, 0.3) is 0 Å². The van der Waals surface area contributed by atoms with Crippen molar-refractivity contribution in [2.24, 2.45) is 0 Å². The molecular weight excluding hydrogens is 246 g/mol. The van der Waals surface area contributed by atoms with Gasteiger partial charge in [0.2, 0.25) is 0 Å². The van der Waals surface area contributed by atoms with Crippen LogP contribution in [-0.2, 0) is 6.42 Å². The highest BCUT2D eigenvalue weighted by Crippen LogP contribution is 2.18. The zero-order valence-electron chi connectivity index (χ0n) is 13.6. The molecule has 0 saturated heterocycles. The molecule has 0 aliphatic carbocycles. The first-order valence-corrected chi connectivity index (χ1v) is 8.13. The van der Waals surface area contributed by atoms with Crippen LogP contribution in [0, 0.1) is 0 Å². The number of aryl methyl sites for hydroxylation is 1. The van der Waals surface area contributed by atoms with Crippen molar-refractivity contribution in [1.82, 2.24) is 4.90 Å². The number of hydrogen-bond donors (Lipinski definition) is 1. The lowest BCUT2D eigenvalue weighted by atomic mass is 10.0. The fraction of sp³-hybridized carbons (Fsp3) is 0.667. The summed E-state index contributed by atoms with van der Waals surface area (Å²) in [6.07, 6.45) is 4.20. The first kappa shape index (κ1) is 17.2. The maximum atomic E-state index is 10.5. The van der Waals surface area contributed by atoms with E-state index >= 15 is 0 Å². The summed E-state index contributed by atoms with van der Waals surface area (Å²) in [5.41, 5.74) is 2.36. The number of hydrogen-bond acceptors (Lipinski definition) is 2. The van der Waals surface area contributed by atoms with Gasteiger partial charge in [-0.15, -0.1) is 0 Å². The van der Waals surface area contributed by atoms with Crippen LogP contribution in [0.5, 0.6) is 0 Å². The van der Waals surface area contributed by atoms with Gasteiger partial charge < -0.3 is 5.11 Å². The van der Waals surface area contributed by atoms with Crippen LogP contribution in [0.4, 0.5) is 0 Å². The molecule has 0 fully saturated rings. The minimum atomic E-state index is -0.383. The van der Waals surface area contributed by atoms with Gasteiger partial charge in [-0.2, -0.15) is 0 Å². The summed E-state index contributed by atoms with van der Waals surface area (Å²) in [4.78, 5) is 2.42. The van der Waals surface area contributed by atoms with Crippen LogP contribution >= 0.6 is 0 Å². The first-order chi connectivity index (χ1) is 9.62.